The van der Waals surface area contributed by atoms with Crippen molar-refractivity contribution in [3.05, 3.63) is 77.9 Å². The molecule has 128 valence electrons. The van der Waals surface area contributed by atoms with Crippen molar-refractivity contribution in [2.45, 2.75) is 6.92 Å². The SMILES string of the molecule is Cc1c(C(=O)NCCOc2ccccc2)cnn1-c1ccccc1F. The summed E-state index contributed by atoms with van der Waals surface area (Å²) in [6.07, 6.45) is 1.44. The van der Waals surface area contributed by atoms with E-state index in [1.165, 1.54) is 16.9 Å². The average Bonchev–Trinajstić information content (AvgIpc) is 3.01. The lowest BCUT2D eigenvalue weighted by Gasteiger charge is -2.08. The van der Waals surface area contributed by atoms with Gasteiger partial charge in [-0.2, -0.15) is 5.10 Å². The number of aromatic nitrogens is 2. The molecule has 0 aliphatic rings. The molecule has 1 amide bonds. The smallest absolute Gasteiger partial charge is 0.254 e. The Kier molecular flexibility index (Phi) is 5.09. The normalized spacial score (nSPS) is 10.5. The van der Waals surface area contributed by atoms with Gasteiger partial charge in [-0.3, -0.25) is 4.79 Å². The molecule has 0 saturated heterocycles. The Morgan fingerprint density at radius 2 is 1.88 bits per heavy atom. The van der Waals surface area contributed by atoms with Crippen molar-refractivity contribution in [1.29, 1.82) is 0 Å². The van der Waals surface area contributed by atoms with E-state index in [0.29, 0.717) is 30.1 Å². The van der Waals surface area contributed by atoms with E-state index >= 15 is 0 Å². The van der Waals surface area contributed by atoms with Crippen LogP contribution in [-0.2, 0) is 0 Å². The maximum Gasteiger partial charge on any atom is 0.254 e. The van der Waals surface area contributed by atoms with Crippen LogP contribution in [0.2, 0.25) is 0 Å². The van der Waals surface area contributed by atoms with E-state index in [9.17, 15) is 9.18 Å². The van der Waals surface area contributed by atoms with Crippen LogP contribution in [0.1, 0.15) is 16.1 Å². The number of nitrogens with one attached hydrogen (secondary N) is 1. The summed E-state index contributed by atoms with van der Waals surface area (Å²) in [6.45, 7) is 2.45. The highest BCUT2D eigenvalue weighted by molar-refractivity contribution is 5.95. The van der Waals surface area contributed by atoms with Crippen LogP contribution in [-0.4, -0.2) is 28.8 Å². The fourth-order valence-corrected chi connectivity index (χ4v) is 2.44. The number of halogens is 1. The largest absolute Gasteiger partial charge is 0.492 e. The number of hydrogen-bond acceptors (Lipinski definition) is 3. The van der Waals surface area contributed by atoms with Gasteiger partial charge in [0.2, 0.25) is 0 Å². The maximum absolute atomic E-state index is 13.9. The second kappa shape index (κ2) is 7.61. The molecule has 0 bridgehead atoms. The summed E-state index contributed by atoms with van der Waals surface area (Å²) in [5, 5.41) is 6.91. The second-order valence-corrected chi connectivity index (χ2v) is 5.42. The molecule has 0 atom stereocenters. The quantitative estimate of drug-likeness (QED) is 0.702. The van der Waals surface area contributed by atoms with Crippen molar-refractivity contribution in [2.75, 3.05) is 13.2 Å². The highest BCUT2D eigenvalue weighted by Gasteiger charge is 2.16. The van der Waals surface area contributed by atoms with Gasteiger partial charge in [-0.05, 0) is 31.2 Å². The van der Waals surface area contributed by atoms with Crippen LogP contribution >= 0.6 is 0 Å². The number of benzene rings is 2. The Bertz CT molecular complexity index is 862. The van der Waals surface area contributed by atoms with E-state index in [4.69, 9.17) is 4.74 Å². The number of nitrogens with zero attached hydrogens (tertiary/aromatic N) is 2. The van der Waals surface area contributed by atoms with Crippen molar-refractivity contribution in [3.63, 3.8) is 0 Å². The van der Waals surface area contributed by atoms with E-state index < -0.39 is 5.82 Å². The number of carbonyl (C=O) groups is 1. The Morgan fingerprint density at radius 3 is 2.64 bits per heavy atom. The first kappa shape index (κ1) is 16.7. The highest BCUT2D eigenvalue weighted by Crippen LogP contribution is 2.17. The topological polar surface area (TPSA) is 56.1 Å². The molecule has 5 nitrogen and oxygen atoms in total. The summed E-state index contributed by atoms with van der Waals surface area (Å²) in [6, 6.07) is 15.7. The number of ether oxygens (including phenoxy) is 1. The Balaban J connectivity index is 1.61. The van der Waals surface area contributed by atoms with Crippen LogP contribution in [0.4, 0.5) is 4.39 Å². The average molecular weight is 339 g/mol. The lowest BCUT2D eigenvalue weighted by atomic mass is 10.2. The summed E-state index contributed by atoms with van der Waals surface area (Å²) in [7, 11) is 0. The minimum absolute atomic E-state index is 0.267. The predicted molar refractivity (Wildman–Crippen MR) is 92.5 cm³/mol. The molecule has 0 radical (unpaired) electrons. The summed E-state index contributed by atoms with van der Waals surface area (Å²) in [4.78, 5) is 12.3. The zero-order valence-corrected chi connectivity index (χ0v) is 13.8. The molecule has 25 heavy (non-hydrogen) atoms. The highest BCUT2D eigenvalue weighted by atomic mass is 19.1. The number of para-hydroxylation sites is 2. The van der Waals surface area contributed by atoms with E-state index in [0.717, 1.165) is 5.75 Å². The van der Waals surface area contributed by atoms with E-state index in [1.54, 1.807) is 25.1 Å². The zero-order chi connectivity index (χ0) is 17.6. The van der Waals surface area contributed by atoms with Crippen LogP contribution in [0.3, 0.4) is 0 Å². The van der Waals surface area contributed by atoms with Gasteiger partial charge >= 0.3 is 0 Å². The number of rotatable bonds is 6. The van der Waals surface area contributed by atoms with Crippen molar-refractivity contribution in [3.8, 4) is 11.4 Å². The minimum atomic E-state index is -0.392. The van der Waals surface area contributed by atoms with E-state index in [2.05, 4.69) is 10.4 Å². The summed E-state index contributed by atoms with van der Waals surface area (Å²) >= 11 is 0. The molecule has 1 aromatic heterocycles. The van der Waals surface area contributed by atoms with Crippen LogP contribution in [0.25, 0.3) is 5.69 Å². The molecular formula is C19H18FN3O2. The Hall–Kier alpha value is -3.15. The van der Waals surface area contributed by atoms with Crippen molar-refractivity contribution >= 4 is 5.91 Å². The molecule has 1 N–H and O–H groups in total. The van der Waals surface area contributed by atoms with Crippen molar-refractivity contribution in [1.82, 2.24) is 15.1 Å². The molecule has 0 unspecified atom stereocenters. The summed E-state index contributed by atoms with van der Waals surface area (Å²) in [5.74, 6) is 0.0916. The van der Waals surface area contributed by atoms with Gasteiger partial charge in [0, 0.05) is 0 Å². The van der Waals surface area contributed by atoms with E-state index in [-0.39, 0.29) is 5.91 Å². The third kappa shape index (κ3) is 3.85. The summed E-state index contributed by atoms with van der Waals surface area (Å²) in [5.41, 5.74) is 1.29. The lowest BCUT2D eigenvalue weighted by molar-refractivity contribution is 0.0946. The van der Waals surface area contributed by atoms with Crippen molar-refractivity contribution in [2.24, 2.45) is 0 Å². The monoisotopic (exact) mass is 339 g/mol. The van der Waals surface area contributed by atoms with Gasteiger partial charge in [0.15, 0.2) is 0 Å². The molecular weight excluding hydrogens is 321 g/mol. The first-order valence-corrected chi connectivity index (χ1v) is 7.92. The third-order valence-electron chi connectivity index (χ3n) is 3.73. The van der Waals surface area contributed by atoms with Crippen molar-refractivity contribution < 1.29 is 13.9 Å². The molecule has 0 fully saturated rings. The first-order valence-electron chi connectivity index (χ1n) is 7.92. The molecule has 0 saturated carbocycles. The Morgan fingerprint density at radius 1 is 1.16 bits per heavy atom. The van der Waals surface area contributed by atoms with Crippen LogP contribution in [0, 0.1) is 12.7 Å². The number of hydrogen-bond donors (Lipinski definition) is 1. The molecule has 6 heteroatoms. The zero-order valence-electron chi connectivity index (χ0n) is 13.8. The molecule has 0 aliphatic heterocycles. The molecule has 3 aromatic rings. The molecule has 0 aliphatic carbocycles. The van der Waals surface area contributed by atoms with E-state index in [1.807, 2.05) is 30.3 Å². The van der Waals surface area contributed by atoms with Gasteiger partial charge in [0.05, 0.1) is 24.0 Å². The maximum atomic E-state index is 13.9. The fraction of sp³-hybridized carbons (Fsp3) is 0.158. The van der Waals surface area contributed by atoms with Gasteiger partial charge < -0.3 is 10.1 Å². The number of carbonyl (C=O) groups excluding carboxylic acids is 1. The minimum Gasteiger partial charge on any atom is -0.492 e. The standard InChI is InChI=1S/C19H18FN3O2/c1-14-16(13-22-23(14)18-10-6-5-9-17(18)20)19(24)21-11-12-25-15-7-3-2-4-8-15/h2-10,13H,11-12H2,1H3,(H,21,24). The van der Waals surface area contributed by atoms with Crippen LogP contribution in [0.15, 0.2) is 60.8 Å². The fourth-order valence-electron chi connectivity index (χ4n) is 2.44. The second-order valence-electron chi connectivity index (χ2n) is 5.42. The number of amides is 1. The lowest BCUT2D eigenvalue weighted by Crippen LogP contribution is -2.28. The van der Waals surface area contributed by atoms with Gasteiger partial charge in [0.1, 0.15) is 23.9 Å². The molecule has 2 aromatic carbocycles. The van der Waals surface area contributed by atoms with Gasteiger partial charge in [-0.25, -0.2) is 9.07 Å². The van der Waals surface area contributed by atoms with Gasteiger partial charge in [0.25, 0.3) is 5.91 Å². The molecule has 3 rings (SSSR count). The van der Waals surface area contributed by atoms with Crippen LogP contribution in [0.5, 0.6) is 5.75 Å². The predicted octanol–water partition coefficient (Wildman–Crippen LogP) is 3.13. The molecule has 0 spiro atoms. The third-order valence-corrected chi connectivity index (χ3v) is 3.73. The first-order chi connectivity index (χ1) is 12.2. The summed E-state index contributed by atoms with van der Waals surface area (Å²) < 4.78 is 20.8. The van der Waals surface area contributed by atoms with Gasteiger partial charge in [-0.1, -0.05) is 30.3 Å². The Labute approximate surface area is 145 Å². The molecule has 1 heterocycles. The van der Waals surface area contributed by atoms with Crippen LogP contribution < -0.4 is 10.1 Å². The van der Waals surface area contributed by atoms with Gasteiger partial charge in [-0.15, -0.1) is 0 Å².